The van der Waals surface area contributed by atoms with Crippen LogP contribution < -0.4 is 0 Å². The van der Waals surface area contributed by atoms with E-state index in [0.717, 1.165) is 24.8 Å². The number of amides is 1. The van der Waals surface area contributed by atoms with Crippen molar-refractivity contribution in [2.75, 3.05) is 13.1 Å². The quantitative estimate of drug-likeness (QED) is 0.856. The third-order valence-electron chi connectivity index (χ3n) is 3.95. The summed E-state index contributed by atoms with van der Waals surface area (Å²) in [6.07, 6.45) is 2.83. The summed E-state index contributed by atoms with van der Waals surface area (Å²) in [7, 11) is 0. The van der Waals surface area contributed by atoms with Gasteiger partial charge in [0, 0.05) is 25.4 Å². The molecule has 114 valence electrons. The van der Waals surface area contributed by atoms with Crippen LogP contribution >= 0.6 is 0 Å². The van der Waals surface area contributed by atoms with Crippen LogP contribution in [-0.4, -0.2) is 29.9 Å². The summed E-state index contributed by atoms with van der Waals surface area (Å²) in [5.41, 5.74) is 0.973. The smallest absolute Gasteiger partial charge is 0.410 e. The second kappa shape index (κ2) is 7.81. The number of nitrogens with zero attached hydrogens (tertiary/aromatic N) is 1. The Morgan fingerprint density at radius 2 is 2.05 bits per heavy atom. The fraction of sp³-hybridized carbons (Fsp3) is 0.529. The molecule has 1 aliphatic heterocycles. The molecule has 0 aromatic heterocycles. The van der Waals surface area contributed by atoms with E-state index >= 15 is 0 Å². The molecule has 1 aromatic rings. The van der Waals surface area contributed by atoms with Gasteiger partial charge in [0.05, 0.1) is 0 Å². The lowest BCUT2D eigenvalue weighted by atomic mass is 9.94. The lowest BCUT2D eigenvalue weighted by Crippen LogP contribution is -2.40. The molecule has 1 amide bonds. The molecule has 1 aliphatic rings. The minimum Gasteiger partial charge on any atom is -0.445 e. The molecule has 0 N–H and O–H groups in total. The van der Waals surface area contributed by atoms with Crippen molar-refractivity contribution in [1.29, 1.82) is 0 Å². The molecule has 1 atom stereocenters. The molecule has 0 radical (unpaired) electrons. The van der Waals surface area contributed by atoms with Crippen LogP contribution in [0.1, 0.15) is 38.2 Å². The summed E-state index contributed by atoms with van der Waals surface area (Å²) in [6, 6.07) is 9.63. The fourth-order valence-corrected chi connectivity index (χ4v) is 2.60. The Morgan fingerprint density at radius 3 is 2.76 bits per heavy atom. The highest BCUT2D eigenvalue weighted by atomic mass is 16.6. The summed E-state index contributed by atoms with van der Waals surface area (Å²) in [5, 5.41) is 0. The van der Waals surface area contributed by atoms with Gasteiger partial charge in [-0.25, -0.2) is 4.79 Å². The third-order valence-corrected chi connectivity index (χ3v) is 3.95. The highest BCUT2D eigenvalue weighted by Gasteiger charge is 2.25. The second-order valence-corrected chi connectivity index (χ2v) is 5.51. The molecule has 21 heavy (non-hydrogen) atoms. The number of likely N-dealkylation sites (tertiary alicyclic amines) is 1. The van der Waals surface area contributed by atoms with E-state index in [9.17, 15) is 9.59 Å². The van der Waals surface area contributed by atoms with Crippen molar-refractivity contribution in [3.8, 4) is 0 Å². The van der Waals surface area contributed by atoms with E-state index in [-0.39, 0.29) is 24.4 Å². The maximum Gasteiger partial charge on any atom is 0.410 e. The van der Waals surface area contributed by atoms with E-state index in [0.29, 0.717) is 19.5 Å². The van der Waals surface area contributed by atoms with Crippen LogP contribution in [0.5, 0.6) is 0 Å². The number of Topliss-reactive ketones (excluding diaryl/α,β-unsaturated/α-hetero) is 1. The summed E-state index contributed by atoms with van der Waals surface area (Å²) in [6.45, 7) is 3.44. The van der Waals surface area contributed by atoms with E-state index in [1.54, 1.807) is 4.90 Å². The van der Waals surface area contributed by atoms with Gasteiger partial charge in [0.15, 0.2) is 0 Å². The minimum absolute atomic E-state index is 0.0467. The van der Waals surface area contributed by atoms with Crippen LogP contribution in [0, 0.1) is 5.92 Å². The standard InChI is InChI=1S/C17H23NO3/c1-2-15-12-18(11-7-6-10-16(15)19)17(20)21-13-14-8-4-3-5-9-14/h3-5,8-9,15H,2,6-7,10-13H2,1H3. The molecule has 1 saturated heterocycles. The first kappa shape index (κ1) is 15.5. The number of hydrogen-bond donors (Lipinski definition) is 0. The predicted molar refractivity (Wildman–Crippen MR) is 80.8 cm³/mol. The molecule has 1 fully saturated rings. The van der Waals surface area contributed by atoms with Crippen molar-refractivity contribution in [1.82, 2.24) is 4.90 Å². The molecule has 0 aliphatic carbocycles. The van der Waals surface area contributed by atoms with Crippen LogP contribution in [0.3, 0.4) is 0 Å². The molecule has 4 nitrogen and oxygen atoms in total. The fourth-order valence-electron chi connectivity index (χ4n) is 2.60. The van der Waals surface area contributed by atoms with Crippen molar-refractivity contribution in [3.63, 3.8) is 0 Å². The lowest BCUT2D eigenvalue weighted by molar-refractivity contribution is -0.124. The number of carbonyl (C=O) groups is 2. The Labute approximate surface area is 126 Å². The van der Waals surface area contributed by atoms with Gasteiger partial charge >= 0.3 is 6.09 Å². The average Bonchev–Trinajstić information content (AvgIpc) is 2.50. The zero-order valence-electron chi connectivity index (χ0n) is 12.6. The van der Waals surface area contributed by atoms with E-state index in [1.165, 1.54) is 0 Å². The Kier molecular flexibility index (Phi) is 5.78. The molecule has 2 rings (SSSR count). The molecule has 1 heterocycles. The van der Waals surface area contributed by atoms with Crippen LogP contribution in [-0.2, 0) is 16.1 Å². The first-order chi connectivity index (χ1) is 10.2. The van der Waals surface area contributed by atoms with Gasteiger partial charge in [-0.2, -0.15) is 0 Å². The number of carbonyl (C=O) groups excluding carboxylic acids is 2. The number of rotatable bonds is 3. The first-order valence-electron chi connectivity index (χ1n) is 7.69. The van der Waals surface area contributed by atoms with Gasteiger partial charge < -0.3 is 9.64 Å². The van der Waals surface area contributed by atoms with Crippen LogP contribution in [0.4, 0.5) is 4.79 Å². The summed E-state index contributed by atoms with van der Waals surface area (Å²) >= 11 is 0. The third kappa shape index (κ3) is 4.59. The van der Waals surface area contributed by atoms with Crippen LogP contribution in [0.15, 0.2) is 30.3 Å². The Hall–Kier alpha value is -1.84. The van der Waals surface area contributed by atoms with E-state index in [4.69, 9.17) is 4.74 Å². The Balaban J connectivity index is 1.91. The number of benzene rings is 1. The topological polar surface area (TPSA) is 46.6 Å². The largest absolute Gasteiger partial charge is 0.445 e. The van der Waals surface area contributed by atoms with Gasteiger partial charge in [0.25, 0.3) is 0 Å². The van der Waals surface area contributed by atoms with Crippen molar-refractivity contribution in [2.45, 2.75) is 39.2 Å². The normalized spacial score (nSPS) is 19.8. The Morgan fingerprint density at radius 1 is 1.29 bits per heavy atom. The molecule has 0 spiro atoms. The van der Waals surface area contributed by atoms with Gasteiger partial charge in [-0.15, -0.1) is 0 Å². The van der Waals surface area contributed by atoms with Gasteiger partial charge in [-0.3, -0.25) is 4.79 Å². The summed E-state index contributed by atoms with van der Waals surface area (Å²) in [4.78, 5) is 25.9. The number of ether oxygens (including phenoxy) is 1. The zero-order valence-corrected chi connectivity index (χ0v) is 12.6. The molecule has 0 bridgehead atoms. The molecular weight excluding hydrogens is 266 g/mol. The first-order valence-corrected chi connectivity index (χ1v) is 7.69. The minimum atomic E-state index is -0.313. The number of ketones is 1. The Bertz CT molecular complexity index is 472. The van der Waals surface area contributed by atoms with Crippen molar-refractivity contribution >= 4 is 11.9 Å². The predicted octanol–water partition coefficient (Wildman–Crippen LogP) is 3.40. The van der Waals surface area contributed by atoms with E-state index < -0.39 is 0 Å². The molecule has 4 heteroatoms. The molecule has 0 saturated carbocycles. The van der Waals surface area contributed by atoms with Crippen molar-refractivity contribution < 1.29 is 14.3 Å². The van der Waals surface area contributed by atoms with E-state index in [1.807, 2.05) is 37.3 Å². The number of hydrogen-bond acceptors (Lipinski definition) is 3. The van der Waals surface area contributed by atoms with Gasteiger partial charge in [0.1, 0.15) is 12.4 Å². The van der Waals surface area contributed by atoms with Crippen molar-refractivity contribution in [2.24, 2.45) is 5.92 Å². The van der Waals surface area contributed by atoms with Gasteiger partial charge in [-0.05, 0) is 24.8 Å². The van der Waals surface area contributed by atoms with Gasteiger partial charge in [0.2, 0.25) is 0 Å². The lowest BCUT2D eigenvalue weighted by Gasteiger charge is -2.28. The highest BCUT2D eigenvalue weighted by molar-refractivity contribution is 5.82. The van der Waals surface area contributed by atoms with Crippen LogP contribution in [0.25, 0.3) is 0 Å². The second-order valence-electron chi connectivity index (χ2n) is 5.51. The maximum absolute atomic E-state index is 12.2. The monoisotopic (exact) mass is 289 g/mol. The average molecular weight is 289 g/mol. The van der Waals surface area contributed by atoms with Gasteiger partial charge in [-0.1, -0.05) is 37.3 Å². The highest BCUT2D eigenvalue weighted by Crippen LogP contribution is 2.17. The molecular formula is C17H23NO3. The summed E-state index contributed by atoms with van der Waals surface area (Å²) in [5.74, 6) is 0.229. The van der Waals surface area contributed by atoms with E-state index in [2.05, 4.69) is 0 Å². The maximum atomic E-state index is 12.2. The SMILES string of the molecule is CCC1CN(C(=O)OCc2ccccc2)CCCCC1=O. The zero-order chi connectivity index (χ0) is 15.1. The molecule has 1 unspecified atom stereocenters. The molecule has 1 aromatic carbocycles. The summed E-state index contributed by atoms with van der Waals surface area (Å²) < 4.78 is 5.37. The van der Waals surface area contributed by atoms with Crippen LogP contribution in [0.2, 0.25) is 0 Å². The van der Waals surface area contributed by atoms with Crippen molar-refractivity contribution in [3.05, 3.63) is 35.9 Å².